The predicted molar refractivity (Wildman–Crippen MR) is 78.9 cm³/mol. The molecule has 116 valence electrons. The number of nitrogens with zero attached hydrogens (tertiary/aromatic N) is 2. The summed E-state index contributed by atoms with van der Waals surface area (Å²) >= 11 is 0. The predicted octanol–water partition coefficient (Wildman–Crippen LogP) is 4.02. The van der Waals surface area contributed by atoms with Gasteiger partial charge in [0.15, 0.2) is 0 Å². The normalized spacial score (nSPS) is 11.8. The van der Waals surface area contributed by atoms with Crippen LogP contribution >= 0.6 is 0 Å². The first kappa shape index (κ1) is 15.9. The van der Waals surface area contributed by atoms with Gasteiger partial charge in [-0.25, -0.2) is 0 Å². The third-order valence-electron chi connectivity index (χ3n) is 2.79. The lowest BCUT2D eigenvalue weighted by Gasteiger charge is -2.03. The lowest BCUT2D eigenvalue weighted by atomic mass is 10.1. The molecule has 22 heavy (non-hydrogen) atoms. The van der Waals surface area contributed by atoms with Crippen LogP contribution in [0.1, 0.15) is 11.1 Å². The third kappa shape index (κ3) is 4.26. The molecule has 1 N–H and O–H groups in total. The van der Waals surface area contributed by atoms with Crippen molar-refractivity contribution >= 4 is 21.9 Å². The van der Waals surface area contributed by atoms with Gasteiger partial charge in [0.1, 0.15) is 11.5 Å². The van der Waals surface area contributed by atoms with Crippen molar-refractivity contribution in [1.82, 2.24) is 0 Å². The minimum absolute atomic E-state index is 0.155. The SMILES string of the molecule is Cc1cc(N=Nc2ccc(OS(=O)(=O)F)cc2)cc(C)c1O. The van der Waals surface area contributed by atoms with Crippen molar-refractivity contribution in [1.29, 1.82) is 0 Å². The van der Waals surface area contributed by atoms with Crippen LogP contribution in [-0.4, -0.2) is 13.5 Å². The van der Waals surface area contributed by atoms with Crippen molar-refractivity contribution in [3.05, 3.63) is 47.5 Å². The van der Waals surface area contributed by atoms with Crippen LogP contribution in [0.4, 0.5) is 15.3 Å². The van der Waals surface area contributed by atoms with Gasteiger partial charge in [0.25, 0.3) is 0 Å². The van der Waals surface area contributed by atoms with Crippen LogP contribution in [0.3, 0.4) is 0 Å². The van der Waals surface area contributed by atoms with Gasteiger partial charge in [-0.3, -0.25) is 0 Å². The van der Waals surface area contributed by atoms with Gasteiger partial charge in [-0.1, -0.05) is 3.89 Å². The van der Waals surface area contributed by atoms with Crippen LogP contribution in [0, 0.1) is 13.8 Å². The first-order valence-electron chi connectivity index (χ1n) is 6.21. The maximum absolute atomic E-state index is 12.3. The van der Waals surface area contributed by atoms with E-state index in [1.165, 1.54) is 24.3 Å². The number of rotatable bonds is 4. The molecule has 0 atom stereocenters. The lowest BCUT2D eigenvalue weighted by Crippen LogP contribution is -2.00. The second kappa shape index (κ2) is 6.10. The van der Waals surface area contributed by atoms with Crippen LogP contribution in [0.25, 0.3) is 0 Å². The zero-order valence-electron chi connectivity index (χ0n) is 11.8. The molecular weight excluding hydrogens is 311 g/mol. The van der Waals surface area contributed by atoms with Gasteiger partial charge in [0, 0.05) is 0 Å². The van der Waals surface area contributed by atoms with Crippen molar-refractivity contribution in [3.63, 3.8) is 0 Å². The fourth-order valence-electron chi connectivity index (χ4n) is 1.79. The van der Waals surface area contributed by atoms with Gasteiger partial charge in [0.05, 0.1) is 11.4 Å². The largest absolute Gasteiger partial charge is 0.507 e. The standard InChI is InChI=1S/C14H13FN2O4S/c1-9-7-12(8-10(2)14(9)18)17-16-11-3-5-13(6-4-11)21-22(15,19)20/h3-8,18H,1-2H3. The second-order valence-corrected chi connectivity index (χ2v) is 5.55. The Morgan fingerprint density at radius 1 is 1.00 bits per heavy atom. The van der Waals surface area contributed by atoms with E-state index in [0.717, 1.165) is 0 Å². The molecule has 0 saturated carbocycles. The molecule has 0 saturated heterocycles. The van der Waals surface area contributed by atoms with Gasteiger partial charge < -0.3 is 9.29 Å². The Balaban J connectivity index is 2.17. The Morgan fingerprint density at radius 3 is 2.00 bits per heavy atom. The smallest absolute Gasteiger partial charge is 0.488 e. The average molecular weight is 324 g/mol. The fraction of sp³-hybridized carbons (Fsp3) is 0.143. The van der Waals surface area contributed by atoms with E-state index in [2.05, 4.69) is 14.4 Å². The van der Waals surface area contributed by atoms with Crippen molar-refractivity contribution in [2.75, 3.05) is 0 Å². The molecule has 0 aliphatic heterocycles. The Labute approximate surface area is 127 Å². The molecule has 6 nitrogen and oxygen atoms in total. The number of hydrogen-bond acceptors (Lipinski definition) is 6. The number of benzene rings is 2. The van der Waals surface area contributed by atoms with Gasteiger partial charge in [-0.15, -0.1) is 0 Å². The second-order valence-electron chi connectivity index (χ2n) is 4.60. The van der Waals surface area contributed by atoms with Gasteiger partial charge in [-0.2, -0.15) is 18.6 Å². The summed E-state index contributed by atoms with van der Waals surface area (Å²) in [4.78, 5) is 0. The van der Waals surface area contributed by atoms with Gasteiger partial charge in [0.2, 0.25) is 0 Å². The molecular formula is C14H13FN2O4S. The quantitative estimate of drug-likeness (QED) is 0.679. The van der Waals surface area contributed by atoms with E-state index in [1.807, 2.05) is 0 Å². The molecule has 8 heteroatoms. The number of phenols is 1. The van der Waals surface area contributed by atoms with Crippen LogP contribution < -0.4 is 4.18 Å². The number of aryl methyl sites for hydroxylation is 2. The highest BCUT2D eigenvalue weighted by Crippen LogP contribution is 2.28. The molecule has 0 radical (unpaired) electrons. The first-order chi connectivity index (χ1) is 10.2. The molecule has 0 aliphatic rings. The van der Waals surface area contributed by atoms with E-state index >= 15 is 0 Å². The topological polar surface area (TPSA) is 88.3 Å². The molecule has 0 fully saturated rings. The van der Waals surface area contributed by atoms with E-state index in [1.54, 1.807) is 26.0 Å². The van der Waals surface area contributed by atoms with Crippen LogP contribution in [-0.2, 0) is 10.5 Å². The molecule has 0 unspecified atom stereocenters. The molecule has 0 spiro atoms. The third-order valence-corrected chi connectivity index (χ3v) is 3.18. The molecule has 0 heterocycles. The molecule has 0 amide bonds. The number of aromatic hydroxyl groups is 1. The van der Waals surface area contributed by atoms with E-state index in [4.69, 9.17) is 0 Å². The molecule has 2 aromatic carbocycles. The van der Waals surface area contributed by atoms with Crippen molar-refractivity contribution in [2.45, 2.75) is 13.8 Å². The van der Waals surface area contributed by atoms with Gasteiger partial charge in [-0.05, 0) is 61.4 Å². The van der Waals surface area contributed by atoms with E-state index in [0.29, 0.717) is 22.5 Å². The summed E-state index contributed by atoms with van der Waals surface area (Å²) in [7, 11) is -5.04. The number of phenolic OH excluding ortho intramolecular Hbond substituents is 1. The molecule has 2 rings (SSSR count). The summed E-state index contributed by atoms with van der Waals surface area (Å²) in [6.45, 7) is 3.51. The van der Waals surface area contributed by atoms with E-state index in [9.17, 15) is 17.4 Å². The van der Waals surface area contributed by atoms with E-state index in [-0.39, 0.29) is 11.5 Å². The average Bonchev–Trinajstić information content (AvgIpc) is 2.42. The van der Waals surface area contributed by atoms with Crippen molar-refractivity contribution in [3.8, 4) is 11.5 Å². The highest BCUT2D eigenvalue weighted by Gasteiger charge is 2.09. The Hall–Kier alpha value is -2.48. The Bertz CT molecular complexity index is 794. The summed E-state index contributed by atoms with van der Waals surface area (Å²) in [5.74, 6) is 0.0608. The summed E-state index contributed by atoms with van der Waals surface area (Å²) in [5, 5.41) is 17.7. The minimum atomic E-state index is -5.04. The first-order valence-corrected chi connectivity index (χ1v) is 7.51. The number of azo groups is 1. The molecule has 0 aliphatic carbocycles. The van der Waals surface area contributed by atoms with Gasteiger partial charge >= 0.3 is 10.5 Å². The summed E-state index contributed by atoms with van der Waals surface area (Å²) in [5.41, 5.74) is 2.38. The highest BCUT2D eigenvalue weighted by molar-refractivity contribution is 7.81. The van der Waals surface area contributed by atoms with Crippen molar-refractivity contribution < 1.29 is 21.6 Å². The molecule has 2 aromatic rings. The zero-order valence-corrected chi connectivity index (χ0v) is 12.6. The molecule has 0 bridgehead atoms. The van der Waals surface area contributed by atoms with E-state index < -0.39 is 10.5 Å². The Morgan fingerprint density at radius 2 is 1.50 bits per heavy atom. The van der Waals surface area contributed by atoms with Crippen molar-refractivity contribution in [2.24, 2.45) is 10.2 Å². The number of hydrogen-bond donors (Lipinski definition) is 1. The van der Waals surface area contributed by atoms with Crippen LogP contribution in [0.2, 0.25) is 0 Å². The monoisotopic (exact) mass is 324 g/mol. The van der Waals surface area contributed by atoms with Crippen LogP contribution in [0.15, 0.2) is 46.6 Å². The minimum Gasteiger partial charge on any atom is -0.507 e. The Kier molecular flexibility index (Phi) is 4.41. The lowest BCUT2D eigenvalue weighted by molar-refractivity contribution is 0.440. The highest BCUT2D eigenvalue weighted by atomic mass is 32.3. The summed E-state index contributed by atoms with van der Waals surface area (Å²) in [6, 6.07) is 8.75. The number of halogens is 1. The zero-order chi connectivity index (χ0) is 16.3. The fourth-order valence-corrected chi connectivity index (χ4v) is 2.13. The van der Waals surface area contributed by atoms with Crippen LogP contribution in [0.5, 0.6) is 11.5 Å². The summed E-state index contributed by atoms with van der Waals surface area (Å²) < 4.78 is 37.1. The maximum atomic E-state index is 12.3. The maximum Gasteiger partial charge on any atom is 0.488 e. The molecule has 0 aromatic heterocycles. The summed E-state index contributed by atoms with van der Waals surface area (Å²) in [6.07, 6.45) is 0.